The largest absolute Gasteiger partial charge is 0.368 e. The second kappa shape index (κ2) is 7.83. The van der Waals surface area contributed by atoms with Crippen LogP contribution in [-0.2, 0) is 11.8 Å². The second-order valence-electron chi connectivity index (χ2n) is 7.75. The number of nitrogens with zero attached hydrogens (tertiary/aromatic N) is 5. The highest BCUT2D eigenvalue weighted by atomic mass is 19.1. The van der Waals surface area contributed by atoms with Crippen LogP contribution in [-0.4, -0.2) is 72.1 Å². The van der Waals surface area contributed by atoms with Crippen LogP contribution in [0.1, 0.15) is 0 Å². The molecular weight excluding hydrogens is 369 g/mol. The molecule has 2 aromatic carbocycles. The molecule has 0 N–H and O–H groups in total. The summed E-state index contributed by atoms with van der Waals surface area (Å²) < 4.78 is 16.6. The van der Waals surface area contributed by atoms with Gasteiger partial charge in [-0.05, 0) is 44.4 Å². The highest BCUT2D eigenvalue weighted by Gasteiger charge is 2.23. The normalized spacial score (nSPS) is 14.8. The molecule has 0 spiro atoms. The van der Waals surface area contributed by atoms with E-state index in [1.807, 2.05) is 65.8 Å². The van der Waals surface area contributed by atoms with Crippen LogP contribution in [0.2, 0.25) is 0 Å². The molecule has 152 valence electrons. The molecule has 6 nitrogen and oxygen atoms in total. The van der Waals surface area contributed by atoms with E-state index >= 15 is 0 Å². The van der Waals surface area contributed by atoms with Gasteiger partial charge in [0, 0.05) is 38.9 Å². The first-order valence-corrected chi connectivity index (χ1v) is 9.83. The number of carbonyl (C=O) groups excluding carboxylic acids is 1. The van der Waals surface area contributed by atoms with Gasteiger partial charge in [-0.1, -0.05) is 12.1 Å². The van der Waals surface area contributed by atoms with Crippen LogP contribution in [0.4, 0.5) is 10.1 Å². The van der Waals surface area contributed by atoms with Crippen molar-refractivity contribution in [1.29, 1.82) is 0 Å². The van der Waals surface area contributed by atoms with Gasteiger partial charge in [0.15, 0.2) is 0 Å². The number of amides is 1. The monoisotopic (exact) mass is 395 g/mol. The van der Waals surface area contributed by atoms with Crippen molar-refractivity contribution in [2.24, 2.45) is 7.05 Å². The summed E-state index contributed by atoms with van der Waals surface area (Å²) in [5.41, 5.74) is 3.27. The van der Waals surface area contributed by atoms with Crippen LogP contribution in [0, 0.1) is 5.82 Å². The molecule has 1 saturated heterocycles. The lowest BCUT2D eigenvalue weighted by Crippen LogP contribution is -2.50. The van der Waals surface area contributed by atoms with E-state index in [0.717, 1.165) is 29.8 Å². The molecule has 1 amide bonds. The van der Waals surface area contributed by atoms with Gasteiger partial charge < -0.3 is 19.3 Å². The first kappa shape index (κ1) is 19.4. The smallest absolute Gasteiger partial charge is 0.236 e. The van der Waals surface area contributed by atoms with E-state index in [2.05, 4.69) is 9.88 Å². The molecule has 1 fully saturated rings. The number of hydrogen-bond acceptors (Lipinski definition) is 4. The summed E-state index contributed by atoms with van der Waals surface area (Å²) in [6, 6.07) is 13.0. The van der Waals surface area contributed by atoms with Crippen molar-refractivity contribution < 1.29 is 9.18 Å². The van der Waals surface area contributed by atoms with Crippen LogP contribution >= 0.6 is 0 Å². The fraction of sp³-hybridized carbons (Fsp3) is 0.364. The van der Waals surface area contributed by atoms with Gasteiger partial charge >= 0.3 is 0 Å². The van der Waals surface area contributed by atoms with Gasteiger partial charge in [0.1, 0.15) is 11.6 Å². The topological polar surface area (TPSA) is 44.6 Å². The molecule has 2 heterocycles. The molecule has 1 aromatic heterocycles. The number of carbonyl (C=O) groups is 1. The lowest BCUT2D eigenvalue weighted by molar-refractivity contribution is -0.132. The summed E-state index contributed by atoms with van der Waals surface area (Å²) in [6.45, 7) is 3.23. The number of anilines is 1. The zero-order chi connectivity index (χ0) is 20.5. The van der Waals surface area contributed by atoms with Crippen LogP contribution in [0.5, 0.6) is 0 Å². The SMILES string of the molecule is CN(C)CC(=O)N1CCN(c2ccc(F)c(-c3nc4ccccc4n3C)c2)CC1. The lowest BCUT2D eigenvalue weighted by atomic mass is 10.1. The molecule has 0 saturated carbocycles. The molecule has 0 unspecified atom stereocenters. The van der Waals surface area contributed by atoms with Crippen molar-refractivity contribution in [3.8, 4) is 11.4 Å². The van der Waals surface area contributed by atoms with Gasteiger partial charge in [-0.15, -0.1) is 0 Å². The quantitative estimate of drug-likeness (QED) is 0.681. The van der Waals surface area contributed by atoms with E-state index in [-0.39, 0.29) is 11.7 Å². The van der Waals surface area contributed by atoms with Gasteiger partial charge in [-0.2, -0.15) is 0 Å². The minimum atomic E-state index is -0.285. The summed E-state index contributed by atoms with van der Waals surface area (Å²) >= 11 is 0. The maximum atomic E-state index is 14.7. The van der Waals surface area contributed by atoms with Crippen molar-refractivity contribution in [1.82, 2.24) is 19.4 Å². The number of aromatic nitrogens is 2. The number of likely N-dealkylation sites (N-methyl/N-ethyl adjacent to an activating group) is 1. The first-order valence-electron chi connectivity index (χ1n) is 9.83. The average Bonchev–Trinajstić information content (AvgIpc) is 3.05. The fourth-order valence-electron chi connectivity index (χ4n) is 3.85. The van der Waals surface area contributed by atoms with Gasteiger partial charge in [-0.3, -0.25) is 4.79 Å². The van der Waals surface area contributed by atoms with Crippen molar-refractivity contribution in [3.05, 3.63) is 48.3 Å². The number of hydrogen-bond donors (Lipinski definition) is 0. The summed E-state index contributed by atoms with van der Waals surface area (Å²) in [5.74, 6) is 0.478. The third-order valence-electron chi connectivity index (χ3n) is 5.43. The Labute approximate surface area is 170 Å². The maximum Gasteiger partial charge on any atom is 0.236 e. The van der Waals surface area contributed by atoms with E-state index in [9.17, 15) is 9.18 Å². The van der Waals surface area contributed by atoms with Crippen LogP contribution in [0.3, 0.4) is 0 Å². The molecule has 7 heteroatoms. The lowest BCUT2D eigenvalue weighted by Gasteiger charge is -2.36. The number of benzene rings is 2. The van der Waals surface area contributed by atoms with E-state index in [1.54, 1.807) is 6.07 Å². The number of halogens is 1. The fourth-order valence-corrected chi connectivity index (χ4v) is 3.85. The van der Waals surface area contributed by atoms with E-state index in [0.29, 0.717) is 31.0 Å². The Morgan fingerprint density at radius 2 is 1.83 bits per heavy atom. The molecule has 0 atom stereocenters. The van der Waals surface area contributed by atoms with Gasteiger partial charge in [0.2, 0.25) is 5.91 Å². The number of rotatable bonds is 4. The third kappa shape index (κ3) is 3.82. The number of imidazole rings is 1. The van der Waals surface area contributed by atoms with Crippen molar-refractivity contribution in [2.75, 3.05) is 51.7 Å². The number of fused-ring (bicyclic) bond motifs is 1. The van der Waals surface area contributed by atoms with Gasteiger partial charge in [-0.25, -0.2) is 9.37 Å². The van der Waals surface area contributed by atoms with Crippen molar-refractivity contribution in [2.45, 2.75) is 0 Å². The highest BCUT2D eigenvalue weighted by molar-refractivity contribution is 5.81. The molecule has 1 aliphatic heterocycles. The average molecular weight is 395 g/mol. The highest BCUT2D eigenvalue weighted by Crippen LogP contribution is 2.30. The Morgan fingerprint density at radius 3 is 2.52 bits per heavy atom. The summed E-state index contributed by atoms with van der Waals surface area (Å²) in [7, 11) is 5.70. The molecule has 0 radical (unpaired) electrons. The van der Waals surface area contributed by atoms with Crippen LogP contribution < -0.4 is 4.90 Å². The minimum absolute atomic E-state index is 0.147. The van der Waals surface area contributed by atoms with Gasteiger partial charge in [0.05, 0.1) is 23.1 Å². The molecule has 1 aliphatic rings. The zero-order valence-electron chi connectivity index (χ0n) is 17.1. The summed E-state index contributed by atoms with van der Waals surface area (Å²) in [4.78, 5) is 22.9. The number of aryl methyl sites for hydroxylation is 1. The number of para-hydroxylation sites is 2. The molecule has 0 aliphatic carbocycles. The first-order chi connectivity index (χ1) is 13.9. The second-order valence-corrected chi connectivity index (χ2v) is 7.75. The molecular formula is C22H26FN5O. The zero-order valence-corrected chi connectivity index (χ0v) is 17.1. The van der Waals surface area contributed by atoms with E-state index in [1.165, 1.54) is 6.07 Å². The number of piperazine rings is 1. The van der Waals surface area contributed by atoms with Crippen molar-refractivity contribution in [3.63, 3.8) is 0 Å². The summed E-state index contributed by atoms with van der Waals surface area (Å²) in [5, 5.41) is 0. The van der Waals surface area contributed by atoms with E-state index in [4.69, 9.17) is 0 Å². The Bertz CT molecular complexity index is 1040. The Hall–Kier alpha value is -2.93. The Balaban J connectivity index is 1.56. The molecule has 0 bridgehead atoms. The third-order valence-corrected chi connectivity index (χ3v) is 5.43. The predicted molar refractivity (Wildman–Crippen MR) is 113 cm³/mol. The molecule has 4 rings (SSSR count). The van der Waals surface area contributed by atoms with Crippen LogP contribution in [0.25, 0.3) is 22.4 Å². The molecule has 3 aromatic rings. The van der Waals surface area contributed by atoms with Gasteiger partial charge in [0.25, 0.3) is 0 Å². The summed E-state index contributed by atoms with van der Waals surface area (Å²) in [6.07, 6.45) is 0. The maximum absolute atomic E-state index is 14.7. The minimum Gasteiger partial charge on any atom is -0.368 e. The predicted octanol–water partition coefficient (Wildman–Crippen LogP) is 2.59. The van der Waals surface area contributed by atoms with Crippen molar-refractivity contribution >= 4 is 22.6 Å². The van der Waals surface area contributed by atoms with Crippen LogP contribution in [0.15, 0.2) is 42.5 Å². The van der Waals surface area contributed by atoms with E-state index < -0.39 is 0 Å². The Morgan fingerprint density at radius 1 is 1.10 bits per heavy atom. The Kier molecular flexibility index (Phi) is 5.24. The molecule has 29 heavy (non-hydrogen) atoms. The standard InChI is InChI=1S/C22H26FN5O/c1-25(2)15-21(29)28-12-10-27(11-13-28)16-8-9-18(23)17(14-16)22-24-19-6-4-5-7-20(19)26(22)3/h4-9,14H,10-13,15H2,1-3H3.